The van der Waals surface area contributed by atoms with E-state index in [2.05, 4.69) is 0 Å². The van der Waals surface area contributed by atoms with E-state index in [1.165, 1.54) is 13.2 Å². The molecule has 6 nitrogen and oxygen atoms in total. The van der Waals surface area contributed by atoms with Gasteiger partial charge in [0.2, 0.25) is 0 Å². The van der Waals surface area contributed by atoms with Gasteiger partial charge in [0.25, 0.3) is 0 Å². The third kappa shape index (κ3) is 7.38. The van der Waals surface area contributed by atoms with Crippen molar-refractivity contribution in [2.75, 3.05) is 20.3 Å². The van der Waals surface area contributed by atoms with Crippen molar-refractivity contribution < 1.29 is 28.9 Å². The van der Waals surface area contributed by atoms with Crippen LogP contribution in [0.4, 0.5) is 0 Å². The molecule has 0 radical (unpaired) electrons. The molecule has 0 unspecified atom stereocenters. The van der Waals surface area contributed by atoms with Gasteiger partial charge in [-0.25, -0.2) is 0 Å². The molecule has 172 valence electrons. The minimum Gasteiger partial charge on any atom is -0.504 e. The maximum atomic E-state index is 12.8. The fourth-order valence-corrected chi connectivity index (χ4v) is 3.39. The van der Waals surface area contributed by atoms with Crippen molar-refractivity contribution >= 4 is 11.9 Å². The molecule has 0 fully saturated rings. The van der Waals surface area contributed by atoms with Gasteiger partial charge in [0.15, 0.2) is 17.4 Å². The first-order valence-corrected chi connectivity index (χ1v) is 10.8. The number of carbonyl (C=O) groups excluding carboxylic acids is 2. The molecule has 0 aromatic heterocycles. The van der Waals surface area contributed by atoms with Crippen molar-refractivity contribution in [3.8, 4) is 11.5 Å². The number of phenolic OH excluding ortho intramolecular Hbond substituents is 1. The number of hydrogen-bond acceptors (Lipinski definition) is 6. The Morgan fingerprint density at radius 1 is 0.758 bits per heavy atom. The van der Waals surface area contributed by atoms with Crippen molar-refractivity contribution in [3.05, 3.63) is 95.6 Å². The van der Waals surface area contributed by atoms with Gasteiger partial charge in [-0.15, -0.1) is 0 Å². The zero-order valence-electron chi connectivity index (χ0n) is 18.6. The highest BCUT2D eigenvalue weighted by Gasteiger charge is 2.30. The molecule has 33 heavy (non-hydrogen) atoms. The van der Waals surface area contributed by atoms with Gasteiger partial charge in [-0.05, 0) is 35.2 Å². The SMILES string of the molecule is COc1ccc(CC(C(=O)OCCc2ccccc2)C(=O)OCCc2ccccc2)cc1O. The second kappa shape index (κ2) is 12.3. The predicted octanol–water partition coefficient (Wildman–Crippen LogP) is 4.13. The highest BCUT2D eigenvalue weighted by molar-refractivity contribution is 5.95. The summed E-state index contributed by atoms with van der Waals surface area (Å²) < 4.78 is 15.9. The number of methoxy groups -OCH3 is 1. The standard InChI is InChI=1S/C27H28O6/c1-31-25-13-12-22(19-24(25)28)18-23(26(29)32-16-14-20-8-4-2-5-9-20)27(30)33-17-15-21-10-6-3-7-11-21/h2-13,19,23,28H,14-18H2,1H3. The Morgan fingerprint density at radius 3 is 1.73 bits per heavy atom. The van der Waals surface area contributed by atoms with Crippen molar-refractivity contribution in [3.63, 3.8) is 0 Å². The Hall–Kier alpha value is -3.80. The minimum atomic E-state index is -1.13. The summed E-state index contributed by atoms with van der Waals surface area (Å²) in [7, 11) is 1.45. The lowest BCUT2D eigenvalue weighted by molar-refractivity contribution is -0.162. The molecule has 0 saturated heterocycles. The number of benzene rings is 3. The van der Waals surface area contributed by atoms with Crippen molar-refractivity contribution in [1.82, 2.24) is 0 Å². The van der Waals surface area contributed by atoms with Gasteiger partial charge >= 0.3 is 11.9 Å². The molecule has 0 bridgehead atoms. The molecule has 1 N–H and O–H groups in total. The minimum absolute atomic E-state index is 0.0475. The van der Waals surface area contributed by atoms with Gasteiger partial charge in [-0.1, -0.05) is 66.7 Å². The van der Waals surface area contributed by atoms with Crippen LogP contribution in [0, 0.1) is 5.92 Å². The fourth-order valence-electron chi connectivity index (χ4n) is 3.39. The van der Waals surface area contributed by atoms with Crippen LogP contribution in [0.2, 0.25) is 0 Å². The zero-order valence-corrected chi connectivity index (χ0v) is 18.6. The monoisotopic (exact) mass is 448 g/mol. The molecule has 0 saturated carbocycles. The maximum absolute atomic E-state index is 12.8. The summed E-state index contributed by atoms with van der Waals surface area (Å²) in [6.07, 6.45) is 1.14. The van der Waals surface area contributed by atoms with E-state index in [4.69, 9.17) is 14.2 Å². The van der Waals surface area contributed by atoms with E-state index in [0.29, 0.717) is 24.2 Å². The molecule has 0 atom stereocenters. The van der Waals surface area contributed by atoms with Crippen LogP contribution < -0.4 is 4.74 Å². The van der Waals surface area contributed by atoms with Crippen LogP contribution in [0.3, 0.4) is 0 Å². The van der Waals surface area contributed by atoms with Crippen LogP contribution in [-0.2, 0) is 38.3 Å². The number of ether oxygens (including phenoxy) is 3. The molecule has 3 rings (SSSR count). The van der Waals surface area contributed by atoms with Gasteiger partial charge in [0.05, 0.1) is 20.3 Å². The highest BCUT2D eigenvalue weighted by Crippen LogP contribution is 2.27. The molecular formula is C27H28O6. The summed E-state index contributed by atoms with van der Waals surface area (Å²) in [6, 6.07) is 24.0. The normalized spacial score (nSPS) is 10.6. The molecule has 3 aromatic rings. The lowest BCUT2D eigenvalue weighted by atomic mass is 9.99. The van der Waals surface area contributed by atoms with Crippen molar-refractivity contribution in [2.24, 2.45) is 5.92 Å². The Morgan fingerprint density at radius 2 is 1.27 bits per heavy atom. The van der Waals surface area contributed by atoms with E-state index in [9.17, 15) is 14.7 Å². The van der Waals surface area contributed by atoms with E-state index >= 15 is 0 Å². The molecule has 0 aliphatic rings. The van der Waals surface area contributed by atoms with E-state index in [1.54, 1.807) is 12.1 Å². The van der Waals surface area contributed by atoms with Gasteiger partial charge in [0, 0.05) is 12.8 Å². The van der Waals surface area contributed by atoms with E-state index in [0.717, 1.165) is 11.1 Å². The second-order valence-corrected chi connectivity index (χ2v) is 7.57. The van der Waals surface area contributed by atoms with Crippen LogP contribution in [-0.4, -0.2) is 37.4 Å². The molecule has 0 heterocycles. The van der Waals surface area contributed by atoms with Crippen LogP contribution in [0.1, 0.15) is 16.7 Å². The van der Waals surface area contributed by atoms with E-state index in [1.807, 2.05) is 60.7 Å². The number of rotatable bonds is 11. The van der Waals surface area contributed by atoms with Crippen LogP contribution in [0.25, 0.3) is 0 Å². The average Bonchev–Trinajstić information content (AvgIpc) is 2.84. The molecular weight excluding hydrogens is 420 g/mol. The first-order chi connectivity index (χ1) is 16.1. The topological polar surface area (TPSA) is 82.1 Å². The van der Waals surface area contributed by atoms with Gasteiger partial charge in [-0.3, -0.25) is 9.59 Å². The third-order valence-corrected chi connectivity index (χ3v) is 5.21. The van der Waals surface area contributed by atoms with E-state index < -0.39 is 17.9 Å². The molecule has 3 aromatic carbocycles. The van der Waals surface area contributed by atoms with Crippen LogP contribution in [0.15, 0.2) is 78.9 Å². The number of aromatic hydroxyl groups is 1. The molecule has 0 amide bonds. The Labute approximate surface area is 193 Å². The van der Waals surface area contributed by atoms with Gasteiger partial charge in [0.1, 0.15) is 0 Å². The summed E-state index contributed by atoms with van der Waals surface area (Å²) in [5.41, 5.74) is 2.66. The first-order valence-electron chi connectivity index (χ1n) is 10.8. The van der Waals surface area contributed by atoms with Crippen molar-refractivity contribution in [2.45, 2.75) is 19.3 Å². The van der Waals surface area contributed by atoms with E-state index in [-0.39, 0.29) is 25.4 Å². The Kier molecular flexibility index (Phi) is 8.88. The number of esters is 2. The number of carbonyl (C=O) groups is 2. The van der Waals surface area contributed by atoms with Gasteiger partial charge < -0.3 is 19.3 Å². The van der Waals surface area contributed by atoms with Crippen molar-refractivity contribution in [1.29, 1.82) is 0 Å². The number of phenols is 1. The average molecular weight is 449 g/mol. The first kappa shape index (κ1) is 23.9. The largest absolute Gasteiger partial charge is 0.504 e. The smallest absolute Gasteiger partial charge is 0.320 e. The summed E-state index contributed by atoms with van der Waals surface area (Å²) in [6.45, 7) is 0.314. The third-order valence-electron chi connectivity index (χ3n) is 5.21. The summed E-state index contributed by atoms with van der Waals surface area (Å²) >= 11 is 0. The molecule has 0 aliphatic heterocycles. The predicted molar refractivity (Wildman–Crippen MR) is 124 cm³/mol. The summed E-state index contributed by atoms with van der Waals surface area (Å²) in [4.78, 5) is 25.6. The second-order valence-electron chi connectivity index (χ2n) is 7.57. The van der Waals surface area contributed by atoms with Crippen LogP contribution in [0.5, 0.6) is 11.5 Å². The lowest BCUT2D eigenvalue weighted by Gasteiger charge is -2.16. The Balaban J connectivity index is 1.64. The van der Waals surface area contributed by atoms with Crippen LogP contribution >= 0.6 is 0 Å². The summed E-state index contributed by atoms with van der Waals surface area (Å²) in [5, 5.41) is 10.1. The number of hydrogen-bond donors (Lipinski definition) is 1. The molecule has 0 aliphatic carbocycles. The van der Waals surface area contributed by atoms with Gasteiger partial charge in [-0.2, -0.15) is 0 Å². The lowest BCUT2D eigenvalue weighted by Crippen LogP contribution is -2.31. The summed E-state index contributed by atoms with van der Waals surface area (Å²) in [5.74, 6) is -2.18. The molecule has 6 heteroatoms. The zero-order chi connectivity index (χ0) is 23.5. The Bertz CT molecular complexity index is 975. The quantitative estimate of drug-likeness (QED) is 0.351. The fraction of sp³-hybridized carbons (Fsp3) is 0.259. The maximum Gasteiger partial charge on any atom is 0.320 e. The highest BCUT2D eigenvalue weighted by atomic mass is 16.6. The molecule has 0 spiro atoms.